The highest BCUT2D eigenvalue weighted by Crippen LogP contribution is 2.29. The highest BCUT2D eigenvalue weighted by Gasteiger charge is 2.27. The van der Waals surface area contributed by atoms with Crippen molar-refractivity contribution in [1.82, 2.24) is 4.90 Å². The molecule has 126 valence electrons. The molecule has 0 bridgehead atoms. The van der Waals surface area contributed by atoms with Crippen LogP contribution in [0.3, 0.4) is 0 Å². The van der Waals surface area contributed by atoms with Crippen molar-refractivity contribution in [3.63, 3.8) is 0 Å². The van der Waals surface area contributed by atoms with E-state index in [1.165, 1.54) is 44.1 Å². The Kier molecular flexibility index (Phi) is 6.09. The molecule has 1 aromatic rings. The predicted octanol–water partition coefficient (Wildman–Crippen LogP) is 4.48. The van der Waals surface area contributed by atoms with Gasteiger partial charge in [0.05, 0.1) is 6.42 Å². The van der Waals surface area contributed by atoms with E-state index in [-0.39, 0.29) is 18.1 Å². The highest BCUT2D eigenvalue weighted by molar-refractivity contribution is 5.70. The zero-order chi connectivity index (χ0) is 15.9. The Hall–Kier alpha value is -1.35. The van der Waals surface area contributed by atoms with Gasteiger partial charge in [0.15, 0.2) is 0 Å². The van der Waals surface area contributed by atoms with Crippen LogP contribution in [0.4, 0.5) is 0 Å². The number of benzene rings is 1. The van der Waals surface area contributed by atoms with Gasteiger partial charge >= 0.3 is 5.97 Å². The number of piperidine rings is 1. The van der Waals surface area contributed by atoms with Crippen molar-refractivity contribution in [2.75, 3.05) is 13.1 Å². The molecule has 0 N–H and O–H groups in total. The molecule has 2 aliphatic rings. The maximum absolute atomic E-state index is 12.5. The van der Waals surface area contributed by atoms with Crippen molar-refractivity contribution in [2.24, 2.45) is 0 Å². The van der Waals surface area contributed by atoms with Crippen molar-refractivity contribution in [1.29, 1.82) is 0 Å². The van der Waals surface area contributed by atoms with Gasteiger partial charge in [-0.25, -0.2) is 0 Å². The van der Waals surface area contributed by atoms with Crippen LogP contribution in [-0.4, -0.2) is 30.1 Å². The zero-order valence-electron chi connectivity index (χ0n) is 14.1. The van der Waals surface area contributed by atoms with E-state index in [4.69, 9.17) is 4.74 Å². The van der Waals surface area contributed by atoms with E-state index in [2.05, 4.69) is 29.2 Å². The first-order valence-electron chi connectivity index (χ1n) is 9.31. The van der Waals surface area contributed by atoms with Gasteiger partial charge in [-0.2, -0.15) is 0 Å². The molecule has 3 rings (SSSR count). The van der Waals surface area contributed by atoms with Crippen LogP contribution in [0.25, 0.3) is 0 Å². The molecule has 1 saturated heterocycles. The van der Waals surface area contributed by atoms with Crippen LogP contribution in [0.2, 0.25) is 0 Å². The van der Waals surface area contributed by atoms with Crippen LogP contribution in [-0.2, 0) is 9.53 Å². The second-order valence-corrected chi connectivity index (χ2v) is 6.98. The predicted molar refractivity (Wildman–Crippen MR) is 92.2 cm³/mol. The monoisotopic (exact) mass is 315 g/mol. The molecule has 3 heteroatoms. The number of hydrogen-bond acceptors (Lipinski definition) is 3. The number of carbonyl (C=O) groups is 1. The quantitative estimate of drug-likeness (QED) is 0.750. The Bertz CT molecular complexity index is 476. The fourth-order valence-corrected chi connectivity index (χ4v) is 3.94. The molecule has 1 aliphatic heterocycles. The first-order valence-corrected chi connectivity index (χ1v) is 9.31. The summed E-state index contributed by atoms with van der Waals surface area (Å²) in [5, 5.41) is 0. The zero-order valence-corrected chi connectivity index (χ0v) is 14.1. The summed E-state index contributed by atoms with van der Waals surface area (Å²) in [6, 6.07) is 10.6. The van der Waals surface area contributed by atoms with E-state index in [1.807, 2.05) is 6.07 Å². The van der Waals surface area contributed by atoms with Gasteiger partial charge in [0.25, 0.3) is 0 Å². The molecule has 3 nitrogen and oxygen atoms in total. The molecule has 1 atom stereocenters. The third-order valence-electron chi connectivity index (χ3n) is 5.23. The number of hydrogen-bond donors (Lipinski definition) is 0. The van der Waals surface area contributed by atoms with Gasteiger partial charge in [0.2, 0.25) is 0 Å². The standard InChI is InChI=1S/C20H29NO2/c22-20(23-18-12-6-2-7-13-18)16-19(17-10-4-1-5-11-17)21-14-8-3-9-15-21/h1,4-5,10-11,18-19H,2-3,6-9,12-16H2/t19-/m1/s1. The van der Waals surface area contributed by atoms with Gasteiger partial charge in [0, 0.05) is 6.04 Å². The Labute approximate surface area is 140 Å². The lowest BCUT2D eigenvalue weighted by molar-refractivity contribution is -0.152. The van der Waals surface area contributed by atoms with Crippen molar-refractivity contribution in [2.45, 2.75) is 69.9 Å². The van der Waals surface area contributed by atoms with Crippen LogP contribution in [0, 0.1) is 0 Å². The number of carbonyl (C=O) groups excluding carboxylic acids is 1. The van der Waals surface area contributed by atoms with Crippen LogP contribution in [0.1, 0.15) is 69.4 Å². The third kappa shape index (κ3) is 4.81. The second-order valence-electron chi connectivity index (χ2n) is 6.98. The molecule has 1 heterocycles. The first kappa shape index (κ1) is 16.5. The third-order valence-corrected chi connectivity index (χ3v) is 5.23. The smallest absolute Gasteiger partial charge is 0.308 e. The normalized spacial score (nSPS) is 21.7. The largest absolute Gasteiger partial charge is 0.462 e. The molecule has 0 radical (unpaired) electrons. The average molecular weight is 315 g/mol. The lowest BCUT2D eigenvalue weighted by Gasteiger charge is -2.34. The number of nitrogens with zero attached hydrogens (tertiary/aromatic N) is 1. The summed E-state index contributed by atoms with van der Waals surface area (Å²) < 4.78 is 5.77. The van der Waals surface area contributed by atoms with E-state index in [9.17, 15) is 4.79 Å². The van der Waals surface area contributed by atoms with Crippen molar-refractivity contribution in [3.05, 3.63) is 35.9 Å². The fourth-order valence-electron chi connectivity index (χ4n) is 3.94. The van der Waals surface area contributed by atoms with Gasteiger partial charge in [-0.15, -0.1) is 0 Å². The second kappa shape index (κ2) is 8.49. The minimum absolute atomic E-state index is 0.0173. The topological polar surface area (TPSA) is 29.5 Å². The SMILES string of the molecule is O=C(C[C@H](c1ccccc1)N1CCCCC1)OC1CCCCC1. The Morgan fingerprint density at radius 3 is 2.35 bits per heavy atom. The van der Waals surface area contributed by atoms with Crippen molar-refractivity contribution >= 4 is 5.97 Å². The van der Waals surface area contributed by atoms with Gasteiger partial charge in [-0.1, -0.05) is 43.2 Å². The summed E-state index contributed by atoms with van der Waals surface area (Å²) in [5.74, 6) is -0.0173. The van der Waals surface area contributed by atoms with E-state index in [0.717, 1.165) is 25.9 Å². The summed E-state index contributed by atoms with van der Waals surface area (Å²) in [4.78, 5) is 15.0. The number of ether oxygens (including phenoxy) is 1. The van der Waals surface area contributed by atoms with Crippen LogP contribution < -0.4 is 0 Å². The molecule has 1 aliphatic carbocycles. The summed E-state index contributed by atoms with van der Waals surface area (Å²) in [5.41, 5.74) is 1.25. The van der Waals surface area contributed by atoms with E-state index < -0.39 is 0 Å². The summed E-state index contributed by atoms with van der Waals surface area (Å²) in [7, 11) is 0. The Morgan fingerprint density at radius 1 is 1.00 bits per heavy atom. The molecule has 1 saturated carbocycles. The lowest BCUT2D eigenvalue weighted by atomic mass is 9.97. The maximum atomic E-state index is 12.5. The van der Waals surface area contributed by atoms with Gasteiger partial charge < -0.3 is 4.74 Å². The van der Waals surface area contributed by atoms with E-state index in [1.54, 1.807) is 0 Å². The van der Waals surface area contributed by atoms with Crippen molar-refractivity contribution in [3.8, 4) is 0 Å². The molecule has 0 unspecified atom stereocenters. The molecular weight excluding hydrogens is 286 g/mol. The fraction of sp³-hybridized carbons (Fsp3) is 0.650. The average Bonchev–Trinajstić information content (AvgIpc) is 2.62. The number of rotatable bonds is 5. The van der Waals surface area contributed by atoms with Gasteiger partial charge in [-0.05, 0) is 57.2 Å². The van der Waals surface area contributed by atoms with Crippen LogP contribution in [0.15, 0.2) is 30.3 Å². The van der Waals surface area contributed by atoms with E-state index >= 15 is 0 Å². The maximum Gasteiger partial charge on any atom is 0.308 e. The van der Waals surface area contributed by atoms with Crippen LogP contribution >= 0.6 is 0 Å². The highest BCUT2D eigenvalue weighted by atomic mass is 16.5. The number of likely N-dealkylation sites (tertiary alicyclic amines) is 1. The molecule has 2 fully saturated rings. The first-order chi connectivity index (χ1) is 11.3. The lowest BCUT2D eigenvalue weighted by Crippen LogP contribution is -2.35. The Morgan fingerprint density at radius 2 is 1.65 bits per heavy atom. The molecule has 0 spiro atoms. The molecule has 0 aromatic heterocycles. The Balaban J connectivity index is 1.64. The summed E-state index contributed by atoms with van der Waals surface area (Å²) in [6.07, 6.45) is 10.2. The summed E-state index contributed by atoms with van der Waals surface area (Å²) >= 11 is 0. The summed E-state index contributed by atoms with van der Waals surface area (Å²) in [6.45, 7) is 2.19. The minimum atomic E-state index is -0.0173. The number of esters is 1. The van der Waals surface area contributed by atoms with Crippen molar-refractivity contribution < 1.29 is 9.53 Å². The molecule has 0 amide bonds. The van der Waals surface area contributed by atoms with E-state index in [0.29, 0.717) is 6.42 Å². The van der Waals surface area contributed by atoms with Gasteiger partial charge in [-0.3, -0.25) is 9.69 Å². The molecular formula is C20H29NO2. The minimum Gasteiger partial charge on any atom is -0.462 e. The molecule has 23 heavy (non-hydrogen) atoms. The van der Waals surface area contributed by atoms with Crippen LogP contribution in [0.5, 0.6) is 0 Å². The molecule has 1 aromatic carbocycles. The van der Waals surface area contributed by atoms with Gasteiger partial charge in [0.1, 0.15) is 6.10 Å².